The minimum absolute atomic E-state index is 0.00971. The van der Waals surface area contributed by atoms with E-state index >= 15 is 0 Å². The van der Waals surface area contributed by atoms with Crippen molar-refractivity contribution < 1.29 is 14.3 Å². The number of H-pyrrole nitrogens is 1. The van der Waals surface area contributed by atoms with Gasteiger partial charge >= 0.3 is 0 Å². The topological polar surface area (TPSA) is 116 Å². The van der Waals surface area contributed by atoms with E-state index in [9.17, 15) is 14.4 Å². The molecule has 3 N–H and O–H groups in total. The number of benzene rings is 2. The largest absolute Gasteiger partial charge is 0.497 e. The van der Waals surface area contributed by atoms with Crippen LogP contribution < -0.4 is 20.9 Å². The fraction of sp³-hybridized carbons (Fsp3) is 0.308. The molecule has 0 unspecified atom stereocenters. The molecule has 35 heavy (non-hydrogen) atoms. The van der Waals surface area contributed by atoms with Crippen LogP contribution in [0, 0.1) is 0 Å². The van der Waals surface area contributed by atoms with E-state index in [4.69, 9.17) is 4.74 Å². The lowest BCUT2D eigenvalue weighted by Gasteiger charge is -2.18. The summed E-state index contributed by atoms with van der Waals surface area (Å²) in [6.45, 7) is 7.39. The number of nitrogens with one attached hydrogen (secondary N) is 3. The smallest absolute Gasteiger partial charge is 0.274 e. The second-order valence-electron chi connectivity index (χ2n) is 7.92. The van der Waals surface area contributed by atoms with Crippen molar-refractivity contribution in [3.63, 3.8) is 0 Å². The SMILES string of the molecule is CCN(CC)CCNC(=O)c1ccc(NC(=O)c2cc(=O)[nH]c(Cc3ccc(OC)cc3)n2)cc1. The van der Waals surface area contributed by atoms with Crippen LogP contribution >= 0.6 is 0 Å². The zero-order chi connectivity index (χ0) is 25.2. The zero-order valence-electron chi connectivity index (χ0n) is 20.3. The number of hydrogen-bond acceptors (Lipinski definition) is 6. The number of methoxy groups -OCH3 is 1. The molecule has 9 nitrogen and oxygen atoms in total. The summed E-state index contributed by atoms with van der Waals surface area (Å²) in [4.78, 5) is 46.4. The molecule has 0 bridgehead atoms. The Morgan fingerprint density at radius 3 is 2.31 bits per heavy atom. The molecule has 0 spiro atoms. The first-order valence-electron chi connectivity index (χ1n) is 11.6. The van der Waals surface area contributed by atoms with Gasteiger partial charge in [0, 0.05) is 36.8 Å². The molecule has 0 atom stereocenters. The third-order valence-corrected chi connectivity index (χ3v) is 5.57. The molecule has 3 rings (SSSR count). The maximum atomic E-state index is 12.7. The Morgan fingerprint density at radius 2 is 1.69 bits per heavy atom. The van der Waals surface area contributed by atoms with Crippen LogP contribution in [-0.4, -0.2) is 60.0 Å². The molecule has 184 valence electrons. The van der Waals surface area contributed by atoms with Gasteiger partial charge in [0.25, 0.3) is 17.4 Å². The van der Waals surface area contributed by atoms with E-state index < -0.39 is 11.5 Å². The van der Waals surface area contributed by atoms with Crippen LogP contribution in [0.25, 0.3) is 0 Å². The number of aromatic nitrogens is 2. The van der Waals surface area contributed by atoms with Crippen LogP contribution in [0.15, 0.2) is 59.4 Å². The Balaban J connectivity index is 1.61. The first kappa shape index (κ1) is 25.6. The molecule has 3 aromatic rings. The molecule has 9 heteroatoms. The van der Waals surface area contributed by atoms with Crippen LogP contribution in [0.5, 0.6) is 5.75 Å². The van der Waals surface area contributed by atoms with Gasteiger partial charge in [-0.05, 0) is 55.1 Å². The molecule has 0 aliphatic rings. The van der Waals surface area contributed by atoms with Crippen molar-refractivity contribution in [2.75, 3.05) is 38.6 Å². The first-order valence-corrected chi connectivity index (χ1v) is 11.6. The number of ether oxygens (including phenoxy) is 1. The molecule has 0 saturated heterocycles. The lowest BCUT2D eigenvalue weighted by Crippen LogP contribution is -2.34. The van der Waals surface area contributed by atoms with Crippen LogP contribution in [-0.2, 0) is 6.42 Å². The Hall–Kier alpha value is -3.98. The Labute approximate surface area is 204 Å². The third kappa shape index (κ3) is 7.51. The standard InChI is InChI=1S/C26H31N5O4/c1-4-31(5-2)15-14-27-25(33)19-8-10-20(11-9-19)28-26(34)22-17-24(32)30-23(29-22)16-18-6-12-21(35-3)13-7-18/h6-13,17H,4-5,14-16H2,1-3H3,(H,27,33)(H,28,34)(H,29,30,32). The van der Waals surface area contributed by atoms with Crippen molar-refractivity contribution in [3.8, 4) is 5.75 Å². The third-order valence-electron chi connectivity index (χ3n) is 5.57. The minimum Gasteiger partial charge on any atom is -0.497 e. The number of carbonyl (C=O) groups is 2. The second kappa shape index (κ2) is 12.5. The number of rotatable bonds is 11. The summed E-state index contributed by atoms with van der Waals surface area (Å²) in [7, 11) is 1.59. The molecule has 0 aliphatic heterocycles. The maximum Gasteiger partial charge on any atom is 0.274 e. The van der Waals surface area contributed by atoms with Gasteiger partial charge in [-0.1, -0.05) is 26.0 Å². The molecular weight excluding hydrogens is 446 g/mol. The number of nitrogens with zero attached hydrogens (tertiary/aromatic N) is 2. The van der Waals surface area contributed by atoms with Gasteiger partial charge in [-0.15, -0.1) is 0 Å². The van der Waals surface area contributed by atoms with Crippen LogP contribution in [0.4, 0.5) is 5.69 Å². The Kier molecular flexibility index (Phi) is 9.14. The molecule has 0 aliphatic carbocycles. The van der Waals surface area contributed by atoms with E-state index in [0.29, 0.717) is 30.0 Å². The van der Waals surface area contributed by atoms with Crippen molar-refractivity contribution in [1.82, 2.24) is 20.2 Å². The number of anilines is 1. The van der Waals surface area contributed by atoms with E-state index in [1.165, 1.54) is 0 Å². The first-order chi connectivity index (χ1) is 16.9. The second-order valence-corrected chi connectivity index (χ2v) is 7.92. The normalized spacial score (nSPS) is 10.7. The molecular formula is C26H31N5O4. The number of likely N-dealkylation sites (N-methyl/N-ethyl adjacent to an activating group) is 1. The van der Waals surface area contributed by atoms with Crippen molar-refractivity contribution >= 4 is 17.5 Å². The Morgan fingerprint density at radius 1 is 1.00 bits per heavy atom. The fourth-order valence-electron chi connectivity index (χ4n) is 3.51. The molecule has 2 amide bonds. The summed E-state index contributed by atoms with van der Waals surface area (Å²) in [6, 6.07) is 15.1. The maximum absolute atomic E-state index is 12.7. The van der Waals surface area contributed by atoms with E-state index in [1.54, 1.807) is 31.4 Å². The zero-order valence-corrected chi connectivity index (χ0v) is 20.3. The van der Waals surface area contributed by atoms with Crippen LogP contribution in [0.2, 0.25) is 0 Å². The summed E-state index contributed by atoms with van der Waals surface area (Å²) in [5.74, 6) is 0.425. The lowest BCUT2D eigenvalue weighted by molar-refractivity contribution is 0.0948. The van der Waals surface area contributed by atoms with Crippen molar-refractivity contribution in [2.45, 2.75) is 20.3 Å². The van der Waals surface area contributed by atoms with Gasteiger partial charge in [-0.3, -0.25) is 14.4 Å². The van der Waals surface area contributed by atoms with E-state index in [-0.39, 0.29) is 11.6 Å². The van der Waals surface area contributed by atoms with E-state index in [0.717, 1.165) is 37.0 Å². The number of aromatic amines is 1. The predicted molar refractivity (Wildman–Crippen MR) is 135 cm³/mol. The van der Waals surface area contributed by atoms with E-state index in [1.807, 2.05) is 24.3 Å². The molecule has 1 heterocycles. The molecule has 2 aromatic carbocycles. The molecule has 0 fully saturated rings. The number of amides is 2. The van der Waals surface area contributed by atoms with Gasteiger partial charge in [0.15, 0.2) is 0 Å². The molecule has 1 aromatic heterocycles. The van der Waals surface area contributed by atoms with Gasteiger partial charge in [0.2, 0.25) is 0 Å². The average molecular weight is 478 g/mol. The highest BCUT2D eigenvalue weighted by atomic mass is 16.5. The van der Waals surface area contributed by atoms with Gasteiger partial charge < -0.3 is 25.3 Å². The number of hydrogen-bond donors (Lipinski definition) is 3. The monoisotopic (exact) mass is 477 g/mol. The summed E-state index contributed by atoms with van der Waals surface area (Å²) >= 11 is 0. The average Bonchev–Trinajstić information content (AvgIpc) is 2.87. The highest BCUT2D eigenvalue weighted by molar-refractivity contribution is 6.03. The van der Waals surface area contributed by atoms with E-state index in [2.05, 4.69) is 39.3 Å². The quantitative estimate of drug-likeness (QED) is 0.391. The van der Waals surface area contributed by atoms with Gasteiger partial charge in [-0.2, -0.15) is 0 Å². The van der Waals surface area contributed by atoms with Crippen molar-refractivity contribution in [2.24, 2.45) is 0 Å². The molecule has 0 saturated carbocycles. The predicted octanol–water partition coefficient (Wildman–Crippen LogP) is 2.69. The Bertz CT molecular complexity index is 1190. The summed E-state index contributed by atoms with van der Waals surface area (Å²) < 4.78 is 5.15. The summed E-state index contributed by atoms with van der Waals surface area (Å²) in [6.07, 6.45) is 0.360. The fourth-order valence-corrected chi connectivity index (χ4v) is 3.51. The van der Waals surface area contributed by atoms with Crippen molar-refractivity contribution in [3.05, 3.63) is 87.6 Å². The number of carbonyl (C=O) groups excluding carboxylic acids is 2. The van der Waals surface area contributed by atoms with Gasteiger partial charge in [-0.25, -0.2) is 4.98 Å². The van der Waals surface area contributed by atoms with Crippen molar-refractivity contribution in [1.29, 1.82) is 0 Å². The minimum atomic E-state index is -0.511. The van der Waals surface area contributed by atoms with Crippen LogP contribution in [0.1, 0.15) is 46.1 Å². The van der Waals surface area contributed by atoms with Crippen LogP contribution in [0.3, 0.4) is 0 Å². The van der Waals surface area contributed by atoms with Gasteiger partial charge in [0.05, 0.1) is 7.11 Å². The highest BCUT2D eigenvalue weighted by Crippen LogP contribution is 2.14. The molecule has 0 radical (unpaired) electrons. The highest BCUT2D eigenvalue weighted by Gasteiger charge is 2.12. The summed E-state index contributed by atoms with van der Waals surface area (Å²) in [5.41, 5.74) is 1.51. The lowest BCUT2D eigenvalue weighted by atomic mass is 10.1. The van der Waals surface area contributed by atoms with Gasteiger partial charge in [0.1, 0.15) is 17.3 Å². The summed E-state index contributed by atoms with van der Waals surface area (Å²) in [5, 5.41) is 5.62.